The number of rotatable bonds is 39. The van der Waals surface area contributed by atoms with Gasteiger partial charge in [0.05, 0.1) is 46.9 Å². The number of carbonyl (C=O) groups is 16. The lowest BCUT2D eigenvalue weighted by Gasteiger charge is -2.29. The number of aromatic amines is 3. The van der Waals surface area contributed by atoms with E-state index in [4.69, 9.17) is 32.9 Å². The number of allylic oxidation sites excluding steroid dienone is 3. The molecule has 4 aromatic heterocycles. The van der Waals surface area contributed by atoms with Crippen LogP contribution in [0.25, 0.3) is 44.4 Å². The Kier molecular flexibility index (Phi) is 37.7. The summed E-state index contributed by atoms with van der Waals surface area (Å²) in [6.07, 6.45) is -2.58. The molecule has 4 aromatic rings. The number of carboxylic acids is 4. The van der Waals surface area contributed by atoms with Crippen molar-refractivity contribution in [3.8, 4) is 0 Å². The highest BCUT2D eigenvalue weighted by atomic mass is 32.2. The second-order valence-electron chi connectivity index (χ2n) is 32.5. The molecule has 12 amide bonds. The van der Waals surface area contributed by atoms with Gasteiger partial charge >= 0.3 is 23.9 Å². The number of carboxylic acid groups (broad SMARTS) is 4. The lowest BCUT2D eigenvalue weighted by atomic mass is 10.00. The van der Waals surface area contributed by atoms with E-state index in [2.05, 4.69) is 73.1 Å². The van der Waals surface area contributed by atoms with Crippen LogP contribution in [0.4, 0.5) is 0 Å². The van der Waals surface area contributed by atoms with Gasteiger partial charge in [0.1, 0.15) is 60.4 Å². The Morgan fingerprint density at radius 2 is 1.10 bits per heavy atom. The predicted molar refractivity (Wildman–Crippen MR) is 472 cm³/mol. The quantitative estimate of drug-likeness (QED) is 0.0278. The van der Waals surface area contributed by atoms with Crippen molar-refractivity contribution in [3.05, 3.63) is 87.5 Å². The molecule has 14 unspecified atom stereocenters. The summed E-state index contributed by atoms with van der Waals surface area (Å²) in [5.74, 6) is -19.0. The molecule has 0 spiro atoms. The van der Waals surface area contributed by atoms with E-state index in [1.165, 1.54) is 45.1 Å². The largest absolute Gasteiger partial charge is 0.481 e. The van der Waals surface area contributed by atoms with Crippen LogP contribution in [0.3, 0.4) is 0 Å². The molecule has 0 saturated carbocycles. The molecule has 0 saturated heterocycles. The Labute approximate surface area is 740 Å². The average Bonchev–Trinajstić information content (AvgIpc) is 1.61. The van der Waals surface area contributed by atoms with E-state index in [0.717, 1.165) is 18.7 Å². The SMILES string of the molecule is CC1=C(CCC(=O)O)c2cc3[nH]c(cc4nc5cc6[nH]c(cc1n2)c(C)c6C(C)SCC(NC(=O)C(CCCCN)NC(=O)C(CCC(N)=O)NC(=O)C(N)C(C)C)C(=O)NC(C)C(=O)NC(CCC(N)=O)C(=O)NC(C(=O)NC(Cc1c[nH]cn1)C(=O)NC(C(=O)NC(C(=O)NC(CCC(=O)O)C(=O)O)C(C)C)C(C)O)CSC(C)C4=C5C)c(C)c3CCC(=O)O. The number of aliphatic hydroxyl groups is 1. The standard InChI is InChI=1S/C84H118N20O21S2/c1-36(2)71(88)81(121)98-51(19-22-65(87)107)76(116)97-49(15-13-14-26-85)75(115)101-62-33-126-44(11)69-40(7)55-28-53-38(5)47(16-23-66(108)109)57(92-53)31-58-48(17-24-67(110)111)39(6)54(93-58)29-59-70(41(8)56(95-59)30-60(69)94-55)45(12)127-34-63(102-77(117)50(18-21-64(86)106)96-74(114)42(9)91-79(62)119)80(120)100-61(27-46-32-89-35-90-46)78(118)104-73(43(10)105)83(123)103-72(37(3)4)82(122)99-52(84(124)125)20-25-68(112)113/h28-32,35-37,42-45,49-52,61-63,71-73,93-94,105H,13-27,33-34,85,88H2,1-12H3,(H2,86,106)(H2,87,107)(H,89,90)(H,91,119)(H,96,114)(H,97,116)(H,98,121)(H,99,122)(H,100,120)(H,101,115)(H,102,117)(H,103,123)(H,104,118)(H,108,109)(H,110,111)(H,112,113)(H,124,125). The molecule has 0 fully saturated rings. The van der Waals surface area contributed by atoms with Gasteiger partial charge in [0, 0.05) is 88.8 Å². The fourth-order valence-corrected chi connectivity index (χ4v) is 16.9. The van der Waals surface area contributed by atoms with Gasteiger partial charge in [0.2, 0.25) is 70.9 Å². The lowest BCUT2D eigenvalue weighted by Crippen LogP contribution is -2.62. The lowest BCUT2D eigenvalue weighted by molar-refractivity contribution is -0.144. The number of hydrogen-bond donors (Lipinski definition) is 22. The van der Waals surface area contributed by atoms with E-state index in [-0.39, 0.29) is 69.4 Å². The maximum Gasteiger partial charge on any atom is 0.326 e. The summed E-state index contributed by atoms with van der Waals surface area (Å²) in [7, 11) is 0. The van der Waals surface area contributed by atoms with Crippen molar-refractivity contribution in [2.45, 2.75) is 256 Å². The molecule has 3 aliphatic heterocycles. The molecule has 43 heteroatoms. The Morgan fingerprint density at radius 3 is 1.72 bits per heavy atom. The zero-order valence-electron chi connectivity index (χ0n) is 73.0. The van der Waals surface area contributed by atoms with Crippen LogP contribution in [0.2, 0.25) is 0 Å². The predicted octanol–water partition coefficient (Wildman–Crippen LogP) is 1.07. The molecule has 26 N–H and O–H groups in total. The van der Waals surface area contributed by atoms with Crippen molar-refractivity contribution in [3.63, 3.8) is 0 Å². The molecule has 0 aromatic carbocycles. The van der Waals surface area contributed by atoms with Crippen LogP contribution >= 0.6 is 23.5 Å². The van der Waals surface area contributed by atoms with Gasteiger partial charge < -0.3 is 117 Å². The van der Waals surface area contributed by atoms with E-state index in [0.29, 0.717) is 95.8 Å². The number of H-pyrrole nitrogens is 3. The number of aryl methyl sites for hydroxylation is 3. The van der Waals surface area contributed by atoms with Crippen LogP contribution in [0.5, 0.6) is 0 Å². The Morgan fingerprint density at radius 1 is 0.543 bits per heavy atom. The number of carbonyl (C=O) groups excluding carboxylic acids is 12. The molecule has 14 atom stereocenters. The molecule has 692 valence electrons. The third-order valence-electron chi connectivity index (χ3n) is 22.1. The molecule has 127 heavy (non-hydrogen) atoms. The average molecular weight is 1810 g/mol. The van der Waals surface area contributed by atoms with Gasteiger partial charge in [-0.15, -0.1) is 0 Å². The van der Waals surface area contributed by atoms with E-state index in [1.807, 2.05) is 20.8 Å². The van der Waals surface area contributed by atoms with E-state index < -0.39 is 228 Å². The first-order valence-corrected chi connectivity index (χ1v) is 43.9. The molecule has 0 radical (unpaired) electrons. The number of fused-ring (bicyclic) bond motifs is 7. The minimum absolute atomic E-state index is 0.0255. The second kappa shape index (κ2) is 46.9. The number of primary amides is 2. The van der Waals surface area contributed by atoms with Crippen LogP contribution in [0.15, 0.2) is 36.8 Å². The van der Waals surface area contributed by atoms with Crippen molar-refractivity contribution in [2.75, 3.05) is 18.1 Å². The van der Waals surface area contributed by atoms with Gasteiger partial charge in [-0.25, -0.2) is 19.7 Å². The van der Waals surface area contributed by atoms with Gasteiger partial charge in [-0.2, -0.15) is 23.5 Å². The molecule has 41 nitrogen and oxygen atoms in total. The topological polar surface area (TPSA) is 685 Å². The minimum Gasteiger partial charge on any atom is -0.481 e. The first-order chi connectivity index (χ1) is 59.8. The number of amides is 12. The third kappa shape index (κ3) is 28.7. The highest BCUT2D eigenvalue weighted by molar-refractivity contribution is 8.00. The maximum absolute atomic E-state index is 15.6. The number of nitrogens with two attached hydrogens (primary N) is 4. The molecule has 3 aliphatic rings. The third-order valence-corrected chi connectivity index (χ3v) is 24.6. The number of thioether (sulfide) groups is 2. The Bertz CT molecular complexity index is 5040. The summed E-state index contributed by atoms with van der Waals surface area (Å²) in [6, 6.07) is -10.7. The number of aliphatic carboxylic acids is 4. The maximum atomic E-state index is 15.6. The molecular formula is C84H118N20O21S2. The molecule has 0 aliphatic carbocycles. The van der Waals surface area contributed by atoms with Crippen molar-refractivity contribution in [1.82, 2.24) is 83.1 Å². The van der Waals surface area contributed by atoms with Crippen molar-refractivity contribution >= 4 is 163 Å². The normalized spacial score (nSPS) is 19.0. The summed E-state index contributed by atoms with van der Waals surface area (Å²) < 4.78 is 0. The number of aromatic nitrogens is 6. The van der Waals surface area contributed by atoms with Gasteiger partial charge in [0.25, 0.3) is 0 Å². The van der Waals surface area contributed by atoms with Gasteiger partial charge in [0.15, 0.2) is 0 Å². The summed E-state index contributed by atoms with van der Waals surface area (Å²) in [6.45, 7) is 19.7. The number of hydrogen-bond acceptors (Lipinski definition) is 24. The van der Waals surface area contributed by atoms with Gasteiger partial charge in [-0.1, -0.05) is 27.7 Å². The van der Waals surface area contributed by atoms with Gasteiger partial charge in [-0.3, -0.25) is 71.9 Å². The van der Waals surface area contributed by atoms with E-state index in [9.17, 15) is 83.1 Å². The molecule has 9 bridgehead atoms. The molecular weight excluding hydrogens is 1690 g/mol. The fourth-order valence-electron chi connectivity index (χ4n) is 14.6. The second-order valence-corrected chi connectivity index (χ2v) is 35.2. The number of unbranched alkanes of at least 4 members (excludes halogenated alkanes) is 1. The van der Waals surface area contributed by atoms with E-state index >= 15 is 19.2 Å². The van der Waals surface area contributed by atoms with Crippen LogP contribution in [0, 0.1) is 25.7 Å². The molecule has 7 heterocycles. The summed E-state index contributed by atoms with van der Waals surface area (Å²) in [4.78, 5) is 245. The van der Waals surface area contributed by atoms with Crippen LogP contribution in [-0.2, 0) is 89.6 Å². The number of aliphatic hydroxyl groups excluding tert-OH is 1. The smallest absolute Gasteiger partial charge is 0.326 e. The first kappa shape index (κ1) is 102. The van der Waals surface area contributed by atoms with Crippen molar-refractivity contribution in [1.29, 1.82) is 0 Å². The Balaban J connectivity index is 1.44. The number of nitrogens with one attached hydrogen (secondary N) is 13. The summed E-state index contributed by atoms with van der Waals surface area (Å²) in [5.41, 5.74) is 31.7. The highest BCUT2D eigenvalue weighted by Crippen LogP contribution is 2.42. The zero-order chi connectivity index (χ0) is 94.3. The number of nitrogens with zero attached hydrogens (tertiary/aromatic N) is 3. The van der Waals surface area contributed by atoms with Crippen LogP contribution in [-0.4, -0.2) is 246 Å². The molecule has 7 rings (SSSR count). The van der Waals surface area contributed by atoms with Crippen molar-refractivity contribution in [2.24, 2.45) is 34.8 Å². The minimum atomic E-state index is -1.93. The number of imidazole rings is 1. The fraction of sp³-hybridized carbons (Fsp3) is 0.536. The first-order valence-electron chi connectivity index (χ1n) is 41.8. The summed E-state index contributed by atoms with van der Waals surface area (Å²) >= 11 is 2.28. The van der Waals surface area contributed by atoms with Crippen LogP contribution < -0.4 is 76.1 Å². The highest BCUT2D eigenvalue weighted by Gasteiger charge is 2.40. The van der Waals surface area contributed by atoms with Crippen LogP contribution in [0.1, 0.15) is 202 Å². The van der Waals surface area contributed by atoms with E-state index in [1.54, 1.807) is 58.9 Å². The zero-order valence-corrected chi connectivity index (χ0v) is 74.6. The Hall–Kier alpha value is -12.1. The monoisotopic (exact) mass is 1810 g/mol. The van der Waals surface area contributed by atoms with Crippen molar-refractivity contribution < 1.29 is 102 Å². The van der Waals surface area contributed by atoms with Gasteiger partial charge in [-0.05, 0) is 194 Å². The summed E-state index contributed by atoms with van der Waals surface area (Å²) in [5, 5.41) is 74.8.